The Morgan fingerprint density at radius 3 is 2.65 bits per heavy atom. The number of aromatic nitrogens is 3. The van der Waals surface area contributed by atoms with Gasteiger partial charge in [0.05, 0.1) is 5.69 Å². The van der Waals surface area contributed by atoms with Gasteiger partial charge in [0.25, 0.3) is 10.0 Å². The second-order valence-corrected chi connectivity index (χ2v) is 8.74. The number of nitrogens with zero attached hydrogens (tertiary/aromatic N) is 3. The number of rotatable bonds is 5. The summed E-state index contributed by atoms with van der Waals surface area (Å²) in [5.41, 5.74) is 1.41. The Morgan fingerprint density at radius 1 is 1.30 bits per heavy atom. The van der Waals surface area contributed by atoms with Gasteiger partial charge in [0.2, 0.25) is 4.96 Å². The van der Waals surface area contributed by atoms with Crippen LogP contribution in [0.15, 0.2) is 33.8 Å². The summed E-state index contributed by atoms with van der Waals surface area (Å²) in [6.45, 7) is 3.93. The van der Waals surface area contributed by atoms with Gasteiger partial charge in [-0.25, -0.2) is 18.1 Å². The van der Waals surface area contributed by atoms with Crippen molar-refractivity contribution < 1.29 is 8.42 Å². The minimum atomic E-state index is -3.70. The van der Waals surface area contributed by atoms with E-state index in [1.807, 2.05) is 38.1 Å². The lowest BCUT2D eigenvalue weighted by Gasteiger charge is -2.07. The predicted molar refractivity (Wildman–Crippen MR) is 93.1 cm³/mol. The maximum Gasteiger partial charge on any atom is 0.260 e. The Kier molecular flexibility index (Phi) is 4.54. The molecular weight excluding hydrogens is 400 g/mol. The summed E-state index contributed by atoms with van der Waals surface area (Å²) < 4.78 is 30.4. The van der Waals surface area contributed by atoms with Crippen molar-refractivity contribution in [1.82, 2.24) is 19.3 Å². The van der Waals surface area contributed by atoms with Gasteiger partial charge in [0.15, 0.2) is 5.03 Å². The van der Waals surface area contributed by atoms with Gasteiger partial charge in [0.1, 0.15) is 5.01 Å². The first-order valence-electron chi connectivity index (χ1n) is 7.00. The highest BCUT2D eigenvalue weighted by Gasteiger charge is 2.26. The van der Waals surface area contributed by atoms with Crippen molar-refractivity contribution in [3.05, 3.63) is 45.0 Å². The molecule has 0 unspecified atom stereocenters. The summed E-state index contributed by atoms with van der Waals surface area (Å²) >= 11 is 4.74. The largest absolute Gasteiger partial charge is 0.260 e. The van der Waals surface area contributed by atoms with Gasteiger partial charge in [-0.1, -0.05) is 46.3 Å². The molecule has 0 amide bonds. The van der Waals surface area contributed by atoms with Gasteiger partial charge < -0.3 is 0 Å². The summed E-state index contributed by atoms with van der Waals surface area (Å²) in [5, 5.41) is 5.17. The monoisotopic (exact) mass is 414 g/mol. The number of sulfonamides is 1. The van der Waals surface area contributed by atoms with Crippen LogP contribution in [0, 0.1) is 6.92 Å². The molecule has 0 spiro atoms. The SMILES string of the molecule is CCc1nc2sc(C)nn2c1S(=O)(=O)NCc1ccc(Br)cc1. The Labute approximate surface area is 146 Å². The summed E-state index contributed by atoms with van der Waals surface area (Å²) in [6.07, 6.45) is 0.531. The number of benzene rings is 1. The average Bonchev–Trinajstić information content (AvgIpc) is 3.02. The van der Waals surface area contributed by atoms with Crippen molar-refractivity contribution in [3.8, 4) is 0 Å². The van der Waals surface area contributed by atoms with Crippen LogP contribution in [0.3, 0.4) is 0 Å². The van der Waals surface area contributed by atoms with Gasteiger partial charge in [0, 0.05) is 11.0 Å². The fraction of sp³-hybridized carbons (Fsp3) is 0.286. The summed E-state index contributed by atoms with van der Waals surface area (Å²) in [7, 11) is -3.70. The highest BCUT2D eigenvalue weighted by atomic mass is 79.9. The molecule has 0 saturated heterocycles. The zero-order valence-corrected chi connectivity index (χ0v) is 15.8. The van der Waals surface area contributed by atoms with Crippen LogP contribution in [0.4, 0.5) is 0 Å². The van der Waals surface area contributed by atoms with E-state index < -0.39 is 10.0 Å². The maximum atomic E-state index is 12.7. The Balaban J connectivity index is 1.94. The molecule has 0 fully saturated rings. The van der Waals surface area contributed by atoms with E-state index in [1.54, 1.807) is 0 Å². The first-order chi connectivity index (χ1) is 10.9. The fourth-order valence-electron chi connectivity index (χ4n) is 2.22. The number of nitrogens with one attached hydrogen (secondary N) is 1. The Morgan fingerprint density at radius 2 is 2.00 bits per heavy atom. The van der Waals surface area contributed by atoms with Crippen molar-refractivity contribution in [2.24, 2.45) is 0 Å². The number of hydrogen-bond acceptors (Lipinski definition) is 5. The summed E-state index contributed by atoms with van der Waals surface area (Å²) in [6, 6.07) is 7.49. The second-order valence-electron chi connectivity index (χ2n) is 4.98. The van der Waals surface area contributed by atoms with Crippen molar-refractivity contribution in [3.63, 3.8) is 0 Å². The van der Waals surface area contributed by atoms with E-state index in [0.29, 0.717) is 17.1 Å². The number of fused-ring (bicyclic) bond motifs is 1. The highest BCUT2D eigenvalue weighted by molar-refractivity contribution is 9.10. The van der Waals surface area contributed by atoms with Crippen LogP contribution in [0.5, 0.6) is 0 Å². The molecule has 0 aliphatic rings. The summed E-state index contributed by atoms with van der Waals surface area (Å²) in [5.74, 6) is 0. The molecule has 6 nitrogen and oxygen atoms in total. The molecule has 0 bridgehead atoms. The normalized spacial score (nSPS) is 12.1. The molecule has 0 saturated carbocycles. The topological polar surface area (TPSA) is 76.4 Å². The lowest BCUT2D eigenvalue weighted by atomic mass is 10.2. The lowest BCUT2D eigenvalue weighted by Crippen LogP contribution is -2.25. The van der Waals surface area contributed by atoms with E-state index in [2.05, 4.69) is 30.7 Å². The molecule has 0 atom stereocenters. The molecule has 0 aliphatic heterocycles. The standard InChI is InChI=1S/C14H15BrN4O2S2/c1-3-12-13(19-14(17-12)22-9(2)18-19)23(20,21)16-8-10-4-6-11(15)7-5-10/h4-7,16H,3,8H2,1-2H3. The smallest absolute Gasteiger partial charge is 0.221 e. The first kappa shape index (κ1) is 16.6. The fourth-order valence-corrected chi connectivity index (χ4v) is 4.65. The molecule has 2 aromatic heterocycles. The maximum absolute atomic E-state index is 12.7. The molecule has 2 heterocycles. The Bertz CT molecular complexity index is 945. The molecule has 3 aromatic rings. The van der Waals surface area contributed by atoms with Gasteiger partial charge in [-0.3, -0.25) is 0 Å². The van der Waals surface area contributed by atoms with Crippen LogP contribution in [-0.4, -0.2) is 23.0 Å². The van der Waals surface area contributed by atoms with E-state index in [0.717, 1.165) is 15.0 Å². The van der Waals surface area contributed by atoms with Gasteiger partial charge in [-0.05, 0) is 31.0 Å². The quantitative estimate of drug-likeness (QED) is 0.695. The van der Waals surface area contributed by atoms with E-state index >= 15 is 0 Å². The average molecular weight is 415 g/mol. The molecule has 23 heavy (non-hydrogen) atoms. The zero-order chi connectivity index (χ0) is 16.6. The van der Waals surface area contributed by atoms with E-state index in [1.165, 1.54) is 15.9 Å². The lowest BCUT2D eigenvalue weighted by molar-refractivity contribution is 0.571. The highest BCUT2D eigenvalue weighted by Crippen LogP contribution is 2.23. The van der Waals surface area contributed by atoms with Gasteiger partial charge in [-0.15, -0.1) is 0 Å². The summed E-state index contributed by atoms with van der Waals surface area (Å²) in [4.78, 5) is 4.98. The second kappa shape index (κ2) is 6.31. The van der Waals surface area contributed by atoms with E-state index in [9.17, 15) is 8.42 Å². The third kappa shape index (κ3) is 3.32. The molecule has 0 aliphatic carbocycles. The third-order valence-electron chi connectivity index (χ3n) is 3.30. The van der Waals surface area contributed by atoms with E-state index in [-0.39, 0.29) is 11.6 Å². The van der Waals surface area contributed by atoms with Crippen LogP contribution in [0.2, 0.25) is 0 Å². The van der Waals surface area contributed by atoms with Crippen LogP contribution in [-0.2, 0) is 23.0 Å². The number of imidazole rings is 1. The molecule has 9 heteroatoms. The third-order valence-corrected chi connectivity index (χ3v) is 6.09. The molecule has 1 N–H and O–H groups in total. The van der Waals surface area contributed by atoms with E-state index in [4.69, 9.17) is 0 Å². The molecule has 0 radical (unpaired) electrons. The van der Waals surface area contributed by atoms with Crippen LogP contribution < -0.4 is 4.72 Å². The molecule has 3 rings (SSSR count). The zero-order valence-electron chi connectivity index (χ0n) is 12.6. The molecule has 1 aromatic carbocycles. The number of aryl methyl sites for hydroxylation is 2. The van der Waals surface area contributed by atoms with Gasteiger partial charge in [-0.2, -0.15) is 9.61 Å². The van der Waals surface area contributed by atoms with Crippen molar-refractivity contribution in [2.75, 3.05) is 0 Å². The minimum absolute atomic E-state index is 0.136. The van der Waals surface area contributed by atoms with Crippen LogP contribution in [0.1, 0.15) is 23.2 Å². The Hall–Kier alpha value is -1.29. The van der Waals surface area contributed by atoms with Crippen LogP contribution in [0.25, 0.3) is 4.96 Å². The van der Waals surface area contributed by atoms with Crippen molar-refractivity contribution in [2.45, 2.75) is 31.8 Å². The van der Waals surface area contributed by atoms with Crippen LogP contribution >= 0.6 is 27.3 Å². The minimum Gasteiger partial charge on any atom is -0.221 e. The molecular formula is C14H15BrN4O2S2. The van der Waals surface area contributed by atoms with Gasteiger partial charge >= 0.3 is 0 Å². The number of hydrogen-bond donors (Lipinski definition) is 1. The number of halogens is 1. The van der Waals surface area contributed by atoms with Crippen molar-refractivity contribution >= 4 is 42.3 Å². The first-order valence-corrected chi connectivity index (χ1v) is 10.1. The molecule has 122 valence electrons. The van der Waals surface area contributed by atoms with Crippen molar-refractivity contribution in [1.29, 1.82) is 0 Å². The predicted octanol–water partition coefficient (Wildman–Crippen LogP) is 2.90.